The molecule has 0 unspecified atom stereocenters. The highest BCUT2D eigenvalue weighted by Crippen LogP contribution is 2.46. The van der Waals surface area contributed by atoms with Crippen molar-refractivity contribution in [3.05, 3.63) is 60.3 Å². The normalized spacial score (nSPS) is 20.8. The quantitative estimate of drug-likeness (QED) is 0.716. The number of rotatable bonds is 4. The van der Waals surface area contributed by atoms with Crippen molar-refractivity contribution in [2.45, 2.75) is 70.3 Å². The van der Waals surface area contributed by atoms with E-state index >= 15 is 0 Å². The van der Waals surface area contributed by atoms with Gasteiger partial charge in [0.25, 0.3) is 0 Å². The third-order valence-corrected chi connectivity index (χ3v) is 7.06. The molecule has 0 amide bonds. The van der Waals surface area contributed by atoms with Gasteiger partial charge in [0.15, 0.2) is 0 Å². The number of benzene rings is 1. The van der Waals surface area contributed by atoms with Crippen LogP contribution < -0.4 is 10.2 Å². The summed E-state index contributed by atoms with van der Waals surface area (Å²) in [5.74, 6) is 1.09. The van der Waals surface area contributed by atoms with Gasteiger partial charge in [-0.25, -0.2) is 4.98 Å². The highest BCUT2D eigenvalue weighted by Gasteiger charge is 2.37. The largest absolute Gasteiger partial charge is 0.388 e. The molecule has 2 aliphatic rings. The molecule has 1 fully saturated rings. The topological polar surface area (TPSA) is 28.2 Å². The highest BCUT2D eigenvalue weighted by molar-refractivity contribution is 5.65. The minimum absolute atomic E-state index is 0.221. The van der Waals surface area contributed by atoms with Crippen LogP contribution in [0.5, 0.6) is 0 Å². The maximum Gasteiger partial charge on any atom is 0.129 e. The molecule has 1 aliphatic heterocycles. The van der Waals surface area contributed by atoms with Gasteiger partial charge in [-0.3, -0.25) is 0 Å². The molecule has 29 heavy (non-hydrogen) atoms. The average molecular weight is 390 g/mol. The third kappa shape index (κ3) is 3.92. The maximum absolute atomic E-state index is 5.06. The van der Waals surface area contributed by atoms with Crippen LogP contribution in [0.25, 0.3) is 11.3 Å². The van der Waals surface area contributed by atoms with Crippen LogP contribution in [0.1, 0.15) is 64.5 Å². The molecule has 2 aromatic rings. The molecule has 1 aliphatic carbocycles. The van der Waals surface area contributed by atoms with E-state index in [2.05, 4.69) is 80.9 Å². The van der Waals surface area contributed by atoms with Crippen molar-refractivity contribution in [2.75, 3.05) is 18.0 Å². The Labute approximate surface area is 176 Å². The summed E-state index contributed by atoms with van der Waals surface area (Å²) in [5, 5.41) is 3.35. The number of pyridine rings is 1. The summed E-state index contributed by atoms with van der Waals surface area (Å²) < 4.78 is 0. The molecule has 0 atom stereocenters. The van der Waals surface area contributed by atoms with E-state index in [9.17, 15) is 0 Å². The SMILES string of the molecule is C=CNC1CCN(c2cccc(-c3ccc4c(c3)C(C)(C)CCC4(C)C)n2)CC1. The van der Waals surface area contributed by atoms with Crippen LogP contribution in [0.2, 0.25) is 0 Å². The predicted octanol–water partition coefficient (Wildman–Crippen LogP) is 5.80. The van der Waals surface area contributed by atoms with Crippen molar-refractivity contribution in [3.8, 4) is 11.3 Å². The van der Waals surface area contributed by atoms with Crippen molar-refractivity contribution in [3.63, 3.8) is 0 Å². The first-order chi connectivity index (χ1) is 13.8. The van der Waals surface area contributed by atoms with Crippen LogP contribution in [0.4, 0.5) is 5.82 Å². The van der Waals surface area contributed by atoms with E-state index in [0.717, 1.165) is 37.4 Å². The van der Waals surface area contributed by atoms with Crippen LogP contribution >= 0.6 is 0 Å². The van der Waals surface area contributed by atoms with Crippen molar-refractivity contribution >= 4 is 5.82 Å². The van der Waals surface area contributed by atoms with E-state index < -0.39 is 0 Å². The van der Waals surface area contributed by atoms with Crippen LogP contribution in [0.3, 0.4) is 0 Å². The number of piperidine rings is 1. The fourth-order valence-corrected chi connectivity index (χ4v) is 4.95. The molecule has 0 bridgehead atoms. The molecule has 3 nitrogen and oxygen atoms in total. The van der Waals surface area contributed by atoms with Crippen molar-refractivity contribution < 1.29 is 0 Å². The van der Waals surface area contributed by atoms with E-state index in [0.29, 0.717) is 6.04 Å². The summed E-state index contributed by atoms with van der Waals surface area (Å²) >= 11 is 0. The summed E-state index contributed by atoms with van der Waals surface area (Å²) in [7, 11) is 0. The summed E-state index contributed by atoms with van der Waals surface area (Å²) in [5.41, 5.74) is 5.79. The Morgan fingerprint density at radius 3 is 2.38 bits per heavy atom. The number of nitrogens with one attached hydrogen (secondary N) is 1. The summed E-state index contributed by atoms with van der Waals surface area (Å²) in [6.07, 6.45) is 6.55. The third-order valence-electron chi connectivity index (χ3n) is 7.06. The van der Waals surface area contributed by atoms with Crippen molar-refractivity contribution in [2.24, 2.45) is 0 Å². The summed E-state index contributed by atoms with van der Waals surface area (Å²) in [4.78, 5) is 7.47. The number of fused-ring (bicyclic) bond motifs is 1. The van der Waals surface area contributed by atoms with E-state index in [1.54, 1.807) is 0 Å². The van der Waals surface area contributed by atoms with Gasteiger partial charge in [0.2, 0.25) is 0 Å². The van der Waals surface area contributed by atoms with Crippen LogP contribution in [-0.2, 0) is 10.8 Å². The van der Waals surface area contributed by atoms with E-state index in [-0.39, 0.29) is 10.8 Å². The molecule has 1 aromatic heterocycles. The predicted molar refractivity (Wildman–Crippen MR) is 124 cm³/mol. The standard InChI is InChI=1S/C26H35N3/c1-6-27-20-12-16-29(17-13-20)24-9-7-8-23(28-24)19-10-11-21-22(18-19)26(4,5)15-14-25(21,2)3/h6-11,18,20,27H,1,12-17H2,2-5H3. The minimum atomic E-state index is 0.221. The van der Waals surface area contributed by atoms with Crippen LogP contribution in [0, 0.1) is 0 Å². The molecule has 3 heteroatoms. The van der Waals surface area contributed by atoms with Crippen LogP contribution in [0.15, 0.2) is 49.2 Å². The monoisotopic (exact) mass is 389 g/mol. The van der Waals surface area contributed by atoms with Gasteiger partial charge >= 0.3 is 0 Å². The molecule has 4 rings (SSSR count). The van der Waals surface area contributed by atoms with Crippen LogP contribution in [-0.4, -0.2) is 24.1 Å². The zero-order valence-corrected chi connectivity index (χ0v) is 18.5. The van der Waals surface area contributed by atoms with Gasteiger partial charge in [-0.2, -0.15) is 0 Å². The molecule has 0 spiro atoms. The van der Waals surface area contributed by atoms with Gasteiger partial charge in [-0.15, -0.1) is 0 Å². The minimum Gasteiger partial charge on any atom is -0.388 e. The Bertz CT molecular complexity index is 889. The lowest BCUT2D eigenvalue weighted by atomic mass is 9.63. The van der Waals surface area contributed by atoms with Crippen molar-refractivity contribution in [1.29, 1.82) is 0 Å². The molecule has 1 aromatic carbocycles. The van der Waals surface area contributed by atoms with Crippen molar-refractivity contribution in [1.82, 2.24) is 10.3 Å². The first kappa shape index (κ1) is 20.0. The number of hydrogen-bond acceptors (Lipinski definition) is 3. The zero-order chi connectivity index (χ0) is 20.6. The molecule has 154 valence electrons. The molecule has 2 heterocycles. The fourth-order valence-electron chi connectivity index (χ4n) is 4.95. The second-order valence-electron chi connectivity index (χ2n) is 10.0. The van der Waals surface area contributed by atoms with Gasteiger partial charge in [-0.1, -0.05) is 52.5 Å². The summed E-state index contributed by atoms with van der Waals surface area (Å²) in [6.45, 7) is 15.4. The number of nitrogens with zero attached hydrogens (tertiary/aromatic N) is 2. The Morgan fingerprint density at radius 2 is 1.69 bits per heavy atom. The number of hydrogen-bond donors (Lipinski definition) is 1. The lowest BCUT2D eigenvalue weighted by molar-refractivity contribution is 0.332. The van der Waals surface area contributed by atoms with Gasteiger partial charge in [0.1, 0.15) is 5.82 Å². The Kier molecular flexibility index (Phi) is 5.18. The van der Waals surface area contributed by atoms with E-state index in [1.807, 2.05) is 6.20 Å². The molecule has 1 saturated heterocycles. The van der Waals surface area contributed by atoms with Gasteiger partial charge < -0.3 is 10.2 Å². The average Bonchev–Trinajstić information content (AvgIpc) is 2.72. The number of aromatic nitrogens is 1. The highest BCUT2D eigenvalue weighted by atomic mass is 15.2. The van der Waals surface area contributed by atoms with E-state index in [4.69, 9.17) is 4.98 Å². The Hall–Kier alpha value is -2.29. The molecule has 0 saturated carbocycles. The maximum atomic E-state index is 5.06. The zero-order valence-electron chi connectivity index (χ0n) is 18.5. The molecular formula is C26H35N3. The van der Waals surface area contributed by atoms with Gasteiger partial charge in [0.05, 0.1) is 5.69 Å². The Morgan fingerprint density at radius 1 is 1.00 bits per heavy atom. The van der Waals surface area contributed by atoms with Gasteiger partial charge in [-0.05, 0) is 72.0 Å². The molecule has 0 radical (unpaired) electrons. The number of anilines is 1. The fraction of sp³-hybridized carbons (Fsp3) is 0.500. The lowest BCUT2D eigenvalue weighted by Gasteiger charge is -2.42. The summed E-state index contributed by atoms with van der Waals surface area (Å²) in [6, 6.07) is 14.0. The first-order valence-corrected chi connectivity index (χ1v) is 11.0. The molecule has 1 N–H and O–H groups in total. The second-order valence-corrected chi connectivity index (χ2v) is 10.0. The van der Waals surface area contributed by atoms with E-state index in [1.165, 1.54) is 29.5 Å². The lowest BCUT2D eigenvalue weighted by Crippen LogP contribution is -2.41. The molecular weight excluding hydrogens is 354 g/mol. The smallest absolute Gasteiger partial charge is 0.129 e. The van der Waals surface area contributed by atoms with Gasteiger partial charge in [0, 0.05) is 24.7 Å². The Balaban J connectivity index is 1.62. The first-order valence-electron chi connectivity index (χ1n) is 11.0. The second kappa shape index (κ2) is 7.51.